The quantitative estimate of drug-likeness (QED) is 0.173. The molecule has 0 spiro atoms. The van der Waals surface area contributed by atoms with Crippen molar-refractivity contribution in [1.29, 1.82) is 0 Å². The van der Waals surface area contributed by atoms with Crippen LogP contribution in [0.5, 0.6) is 0 Å². The van der Waals surface area contributed by atoms with E-state index in [2.05, 4.69) is 39.7 Å². The van der Waals surface area contributed by atoms with Crippen LogP contribution in [-0.4, -0.2) is 30.6 Å². The fourth-order valence-corrected chi connectivity index (χ4v) is 2.48. The Morgan fingerprint density at radius 2 is 1.96 bits per heavy atom. The lowest BCUT2D eigenvalue weighted by Crippen LogP contribution is -2.38. The molecule has 2 aromatic rings. The van der Waals surface area contributed by atoms with E-state index in [-0.39, 0.29) is 30.1 Å². The summed E-state index contributed by atoms with van der Waals surface area (Å²) in [6.07, 6.45) is 2.76. The Kier molecular flexibility index (Phi) is 12.0. The van der Waals surface area contributed by atoms with E-state index >= 15 is 0 Å². The van der Waals surface area contributed by atoms with Gasteiger partial charge >= 0.3 is 0 Å². The first kappa shape index (κ1) is 23.7. The average Bonchev–Trinajstić information content (AvgIpc) is 2.67. The molecule has 0 aliphatic carbocycles. The highest BCUT2D eigenvalue weighted by molar-refractivity contribution is 14.0. The molecule has 1 aromatic carbocycles. The standard InChI is InChI=1S/C20H27ClN4O.HI/c1-3-22-20(25-15-17-10-11-19(21)24-14-17)23-12-7-13-26-16(2)18-8-5-4-6-9-18;/h4-6,8-11,14,16H,3,7,12-13,15H2,1-2H3,(H2,22,23,25);1H. The molecular weight excluding hydrogens is 475 g/mol. The summed E-state index contributed by atoms with van der Waals surface area (Å²) in [5.74, 6) is 0.790. The maximum atomic E-state index is 5.89. The molecule has 27 heavy (non-hydrogen) atoms. The number of aliphatic imine (C=N–C) groups is 1. The molecule has 1 unspecified atom stereocenters. The molecule has 1 atom stereocenters. The molecule has 0 aliphatic heterocycles. The molecule has 1 aromatic heterocycles. The minimum absolute atomic E-state index is 0. The number of guanidine groups is 1. The first-order valence-corrected chi connectivity index (χ1v) is 9.36. The van der Waals surface area contributed by atoms with Crippen LogP contribution in [0.2, 0.25) is 5.15 Å². The van der Waals surface area contributed by atoms with Crippen LogP contribution in [0.4, 0.5) is 0 Å². The van der Waals surface area contributed by atoms with Crippen LogP contribution in [-0.2, 0) is 11.3 Å². The molecule has 0 bridgehead atoms. The van der Waals surface area contributed by atoms with E-state index in [9.17, 15) is 0 Å². The van der Waals surface area contributed by atoms with Gasteiger partial charge in [-0.25, -0.2) is 9.98 Å². The van der Waals surface area contributed by atoms with E-state index < -0.39 is 0 Å². The van der Waals surface area contributed by atoms with Crippen LogP contribution >= 0.6 is 35.6 Å². The van der Waals surface area contributed by atoms with Gasteiger partial charge in [0, 0.05) is 25.9 Å². The number of nitrogens with one attached hydrogen (secondary N) is 2. The SMILES string of the molecule is CCNC(=NCc1ccc(Cl)nc1)NCCCOC(C)c1ccccc1.I. The summed E-state index contributed by atoms with van der Waals surface area (Å²) in [5, 5.41) is 7.06. The molecule has 0 saturated carbocycles. The number of benzene rings is 1. The number of nitrogens with zero attached hydrogens (tertiary/aromatic N) is 2. The fraction of sp³-hybridized carbons (Fsp3) is 0.400. The van der Waals surface area contributed by atoms with Crippen molar-refractivity contribution >= 4 is 41.5 Å². The van der Waals surface area contributed by atoms with Crippen LogP contribution in [0.15, 0.2) is 53.7 Å². The van der Waals surface area contributed by atoms with Crippen LogP contribution in [0.1, 0.15) is 37.5 Å². The van der Waals surface area contributed by atoms with E-state index in [0.717, 1.165) is 31.0 Å². The van der Waals surface area contributed by atoms with E-state index in [1.807, 2.05) is 31.2 Å². The van der Waals surface area contributed by atoms with Crippen molar-refractivity contribution < 1.29 is 4.74 Å². The molecule has 0 fully saturated rings. The van der Waals surface area contributed by atoms with Crippen LogP contribution < -0.4 is 10.6 Å². The Bertz CT molecular complexity index is 667. The van der Waals surface area contributed by atoms with E-state index in [0.29, 0.717) is 18.3 Å². The minimum atomic E-state index is 0. The number of hydrogen-bond donors (Lipinski definition) is 2. The van der Waals surface area contributed by atoms with Gasteiger partial charge in [-0.3, -0.25) is 0 Å². The summed E-state index contributed by atoms with van der Waals surface area (Å²) in [5.41, 5.74) is 2.22. The van der Waals surface area contributed by atoms with Crippen molar-refractivity contribution in [1.82, 2.24) is 15.6 Å². The van der Waals surface area contributed by atoms with Crippen molar-refractivity contribution in [3.63, 3.8) is 0 Å². The number of aromatic nitrogens is 1. The van der Waals surface area contributed by atoms with E-state index in [1.165, 1.54) is 5.56 Å². The first-order chi connectivity index (χ1) is 12.7. The summed E-state index contributed by atoms with van der Waals surface area (Å²) >= 11 is 5.80. The third-order valence-electron chi connectivity index (χ3n) is 3.80. The molecule has 5 nitrogen and oxygen atoms in total. The summed E-state index contributed by atoms with van der Waals surface area (Å²) in [7, 11) is 0. The zero-order valence-corrected chi connectivity index (χ0v) is 18.9. The lowest BCUT2D eigenvalue weighted by molar-refractivity contribution is 0.0646. The third-order valence-corrected chi connectivity index (χ3v) is 4.03. The summed E-state index contributed by atoms with van der Waals surface area (Å²) < 4.78 is 5.89. The van der Waals surface area contributed by atoms with Crippen molar-refractivity contribution in [3.05, 3.63) is 64.9 Å². The Hall–Kier alpha value is -1.38. The molecule has 2 N–H and O–H groups in total. The van der Waals surface area contributed by atoms with Crippen LogP contribution in [0.3, 0.4) is 0 Å². The maximum absolute atomic E-state index is 5.89. The molecular formula is C20H28ClIN4O. The van der Waals surface area contributed by atoms with Gasteiger partial charge in [0.2, 0.25) is 0 Å². The maximum Gasteiger partial charge on any atom is 0.191 e. The molecule has 0 amide bonds. The van der Waals surface area contributed by atoms with Crippen LogP contribution in [0.25, 0.3) is 0 Å². The highest BCUT2D eigenvalue weighted by Gasteiger charge is 2.04. The number of pyridine rings is 1. The van der Waals surface area contributed by atoms with Gasteiger partial charge in [0.15, 0.2) is 5.96 Å². The van der Waals surface area contributed by atoms with Gasteiger partial charge in [0.05, 0.1) is 12.6 Å². The predicted molar refractivity (Wildman–Crippen MR) is 123 cm³/mol. The highest BCUT2D eigenvalue weighted by Crippen LogP contribution is 2.15. The molecule has 7 heteroatoms. The molecule has 148 valence electrons. The smallest absolute Gasteiger partial charge is 0.191 e. The van der Waals surface area contributed by atoms with Crippen LogP contribution in [0, 0.1) is 0 Å². The van der Waals surface area contributed by atoms with Crippen molar-refractivity contribution in [2.24, 2.45) is 4.99 Å². The van der Waals surface area contributed by atoms with Gasteiger partial charge < -0.3 is 15.4 Å². The fourth-order valence-electron chi connectivity index (χ4n) is 2.37. The normalized spacial score (nSPS) is 12.2. The Labute approximate surface area is 184 Å². The van der Waals surface area contributed by atoms with Gasteiger partial charge in [-0.15, -0.1) is 24.0 Å². The molecule has 0 aliphatic rings. The molecule has 2 rings (SSSR count). The lowest BCUT2D eigenvalue weighted by atomic mass is 10.1. The first-order valence-electron chi connectivity index (χ1n) is 8.98. The monoisotopic (exact) mass is 502 g/mol. The summed E-state index contributed by atoms with van der Waals surface area (Å²) in [6.45, 7) is 6.99. The number of rotatable bonds is 9. The Morgan fingerprint density at radius 3 is 2.63 bits per heavy atom. The second kappa shape index (κ2) is 13.7. The van der Waals surface area contributed by atoms with Gasteiger partial charge in [0.25, 0.3) is 0 Å². The summed E-state index contributed by atoms with van der Waals surface area (Å²) in [6, 6.07) is 14.0. The van der Waals surface area contributed by atoms with Crippen molar-refractivity contribution in [2.45, 2.75) is 32.9 Å². The van der Waals surface area contributed by atoms with Gasteiger partial charge in [-0.2, -0.15) is 0 Å². The number of halogens is 2. The molecule has 1 heterocycles. The Morgan fingerprint density at radius 1 is 1.19 bits per heavy atom. The summed E-state index contributed by atoms with van der Waals surface area (Å²) in [4.78, 5) is 8.63. The molecule has 0 radical (unpaired) electrons. The number of hydrogen-bond acceptors (Lipinski definition) is 3. The van der Waals surface area contributed by atoms with Crippen molar-refractivity contribution in [3.8, 4) is 0 Å². The van der Waals surface area contributed by atoms with Gasteiger partial charge in [0.1, 0.15) is 5.15 Å². The van der Waals surface area contributed by atoms with E-state index in [4.69, 9.17) is 16.3 Å². The average molecular weight is 503 g/mol. The zero-order chi connectivity index (χ0) is 18.6. The van der Waals surface area contributed by atoms with E-state index in [1.54, 1.807) is 12.3 Å². The largest absolute Gasteiger partial charge is 0.374 e. The highest BCUT2D eigenvalue weighted by atomic mass is 127. The van der Waals surface area contributed by atoms with Gasteiger partial charge in [-0.05, 0) is 37.5 Å². The Balaban J connectivity index is 0.00000364. The zero-order valence-electron chi connectivity index (χ0n) is 15.8. The van der Waals surface area contributed by atoms with Gasteiger partial charge in [-0.1, -0.05) is 48.0 Å². The lowest BCUT2D eigenvalue weighted by Gasteiger charge is -2.14. The van der Waals surface area contributed by atoms with Crippen molar-refractivity contribution in [2.75, 3.05) is 19.7 Å². The second-order valence-electron chi connectivity index (χ2n) is 5.89. The minimum Gasteiger partial charge on any atom is -0.374 e. The molecule has 0 saturated heterocycles. The topological polar surface area (TPSA) is 58.5 Å². The third kappa shape index (κ3) is 9.39. The number of ether oxygens (including phenoxy) is 1. The second-order valence-corrected chi connectivity index (χ2v) is 6.28. The predicted octanol–water partition coefficient (Wildman–Crippen LogP) is 4.58.